The highest BCUT2D eigenvalue weighted by molar-refractivity contribution is 6.04. The molecule has 0 radical (unpaired) electrons. The number of ether oxygens (including phenoxy) is 2. The number of carbonyl (C=O) groups excluding carboxylic acids is 2. The van der Waals surface area contributed by atoms with Crippen LogP contribution in [0.1, 0.15) is 11.5 Å². The van der Waals surface area contributed by atoms with Crippen molar-refractivity contribution < 1.29 is 32.8 Å². The molecular weight excluding hydrogens is 304 g/mol. The van der Waals surface area contributed by atoms with E-state index in [2.05, 4.69) is 9.47 Å². The Morgan fingerprint density at radius 2 is 1.68 bits per heavy atom. The zero-order chi connectivity index (χ0) is 16.9. The molecule has 1 rings (SSSR count). The fraction of sp³-hybridized carbons (Fsp3) is 0.385. The lowest BCUT2D eigenvalue weighted by molar-refractivity contribution is -0.485. The Morgan fingerprint density at radius 3 is 2.05 bits per heavy atom. The molecule has 0 unspecified atom stereocenters. The Bertz CT molecular complexity index is 558. The van der Waals surface area contributed by atoms with Crippen LogP contribution in [-0.2, 0) is 19.1 Å². The Morgan fingerprint density at radius 1 is 1.23 bits per heavy atom. The SMILES string of the molecule is COC(=O)C(F)(C(=O)OC)[C@@H](C[N+](=O)[O-])c1ccc(F)cc1. The Hall–Kier alpha value is -2.58. The van der Waals surface area contributed by atoms with Crippen LogP contribution in [0.5, 0.6) is 0 Å². The standard InChI is InChI=1S/C13H13F2NO6/c1-21-11(17)13(15,12(18)22-2)10(7-16(19)20)8-3-5-9(14)6-4-8/h3-6,10H,7H2,1-2H3/t10-/m0/s1. The van der Waals surface area contributed by atoms with Crippen molar-refractivity contribution in [1.82, 2.24) is 0 Å². The Balaban J connectivity index is 3.44. The summed E-state index contributed by atoms with van der Waals surface area (Å²) in [4.78, 5) is 33.3. The van der Waals surface area contributed by atoms with Crippen molar-refractivity contribution in [3.05, 3.63) is 45.8 Å². The lowest BCUT2D eigenvalue weighted by Gasteiger charge is -2.26. The van der Waals surface area contributed by atoms with Crippen molar-refractivity contribution >= 4 is 11.9 Å². The third-order valence-electron chi connectivity index (χ3n) is 3.05. The third kappa shape index (κ3) is 3.35. The van der Waals surface area contributed by atoms with Gasteiger partial charge >= 0.3 is 17.6 Å². The van der Waals surface area contributed by atoms with Crippen LogP contribution in [0.3, 0.4) is 0 Å². The second-order valence-corrected chi connectivity index (χ2v) is 4.31. The maximum Gasteiger partial charge on any atom is 0.356 e. The van der Waals surface area contributed by atoms with Crippen molar-refractivity contribution in [3.63, 3.8) is 0 Å². The molecule has 0 fully saturated rings. The van der Waals surface area contributed by atoms with E-state index in [-0.39, 0.29) is 5.56 Å². The van der Waals surface area contributed by atoms with E-state index in [0.29, 0.717) is 0 Å². The predicted octanol–water partition coefficient (Wildman–Crippen LogP) is 1.24. The van der Waals surface area contributed by atoms with E-state index in [1.807, 2.05) is 0 Å². The molecule has 0 spiro atoms. The summed E-state index contributed by atoms with van der Waals surface area (Å²) in [6, 6.07) is 3.95. The minimum Gasteiger partial charge on any atom is -0.466 e. The van der Waals surface area contributed by atoms with Crippen LogP contribution < -0.4 is 0 Å². The highest BCUT2D eigenvalue weighted by atomic mass is 19.1. The Kier molecular flexibility index (Phi) is 5.50. The van der Waals surface area contributed by atoms with Crippen molar-refractivity contribution in [2.75, 3.05) is 20.8 Å². The van der Waals surface area contributed by atoms with E-state index in [0.717, 1.165) is 38.5 Å². The summed E-state index contributed by atoms with van der Waals surface area (Å²) in [5.74, 6) is -5.75. The maximum atomic E-state index is 15.0. The third-order valence-corrected chi connectivity index (χ3v) is 3.05. The van der Waals surface area contributed by atoms with Crippen LogP contribution in [0.2, 0.25) is 0 Å². The van der Waals surface area contributed by atoms with Gasteiger partial charge in [0.05, 0.1) is 14.2 Å². The molecule has 1 atom stereocenters. The molecule has 0 saturated heterocycles. The summed E-state index contributed by atoms with van der Waals surface area (Å²) in [5, 5.41) is 10.8. The number of benzene rings is 1. The molecule has 0 aliphatic rings. The molecule has 0 aliphatic heterocycles. The molecule has 0 bridgehead atoms. The number of carbonyl (C=O) groups is 2. The van der Waals surface area contributed by atoms with Gasteiger partial charge < -0.3 is 9.47 Å². The number of alkyl halides is 1. The molecule has 120 valence electrons. The molecule has 1 aromatic carbocycles. The molecule has 0 saturated carbocycles. The minimum absolute atomic E-state index is 0.114. The summed E-state index contributed by atoms with van der Waals surface area (Å²) >= 11 is 0. The molecule has 0 N–H and O–H groups in total. The largest absolute Gasteiger partial charge is 0.466 e. The zero-order valence-corrected chi connectivity index (χ0v) is 11.7. The smallest absolute Gasteiger partial charge is 0.356 e. The average Bonchev–Trinajstić information content (AvgIpc) is 2.50. The van der Waals surface area contributed by atoms with Crippen LogP contribution in [0.4, 0.5) is 8.78 Å². The number of esters is 2. The summed E-state index contributed by atoms with van der Waals surface area (Å²) in [7, 11) is 1.65. The number of methoxy groups -OCH3 is 2. The van der Waals surface area contributed by atoms with Gasteiger partial charge in [0.15, 0.2) is 0 Å². The van der Waals surface area contributed by atoms with Crippen LogP contribution in [0, 0.1) is 15.9 Å². The molecule has 7 nitrogen and oxygen atoms in total. The highest BCUT2D eigenvalue weighted by Gasteiger charge is 2.58. The first kappa shape index (κ1) is 17.5. The van der Waals surface area contributed by atoms with Gasteiger partial charge in [0.25, 0.3) is 0 Å². The first-order valence-corrected chi connectivity index (χ1v) is 6.00. The zero-order valence-electron chi connectivity index (χ0n) is 11.7. The summed E-state index contributed by atoms with van der Waals surface area (Å²) < 4.78 is 36.5. The summed E-state index contributed by atoms with van der Waals surface area (Å²) in [5.41, 5.74) is -3.54. The lowest BCUT2D eigenvalue weighted by atomic mass is 9.83. The number of halogens is 2. The van der Waals surface area contributed by atoms with Gasteiger partial charge in [-0.2, -0.15) is 0 Å². The van der Waals surface area contributed by atoms with Gasteiger partial charge in [-0.3, -0.25) is 10.1 Å². The molecule has 0 aliphatic carbocycles. The highest BCUT2D eigenvalue weighted by Crippen LogP contribution is 2.35. The van der Waals surface area contributed by atoms with Crippen LogP contribution in [0.25, 0.3) is 0 Å². The lowest BCUT2D eigenvalue weighted by Crippen LogP contribution is -2.51. The topological polar surface area (TPSA) is 95.7 Å². The van der Waals surface area contributed by atoms with E-state index in [4.69, 9.17) is 0 Å². The normalized spacial score (nSPS) is 12.4. The van der Waals surface area contributed by atoms with E-state index in [1.165, 1.54) is 0 Å². The average molecular weight is 317 g/mol. The van der Waals surface area contributed by atoms with Gasteiger partial charge in [0.2, 0.25) is 6.54 Å². The summed E-state index contributed by atoms with van der Waals surface area (Å²) in [6.45, 7) is -1.09. The van der Waals surface area contributed by atoms with Gasteiger partial charge in [-0.25, -0.2) is 18.4 Å². The number of rotatable bonds is 6. The number of nitro groups is 1. The van der Waals surface area contributed by atoms with E-state index >= 15 is 4.39 Å². The predicted molar refractivity (Wildman–Crippen MR) is 68.9 cm³/mol. The van der Waals surface area contributed by atoms with Gasteiger partial charge in [-0.15, -0.1) is 0 Å². The molecule has 0 aromatic heterocycles. The quantitative estimate of drug-likeness (QED) is 0.339. The van der Waals surface area contributed by atoms with E-state index in [1.54, 1.807) is 0 Å². The monoisotopic (exact) mass is 317 g/mol. The van der Waals surface area contributed by atoms with Crippen molar-refractivity contribution in [3.8, 4) is 0 Å². The second-order valence-electron chi connectivity index (χ2n) is 4.31. The van der Waals surface area contributed by atoms with Crippen molar-refractivity contribution in [1.29, 1.82) is 0 Å². The molecule has 0 amide bonds. The second kappa shape index (κ2) is 6.92. The van der Waals surface area contributed by atoms with Crippen LogP contribution in [0.15, 0.2) is 24.3 Å². The van der Waals surface area contributed by atoms with E-state index < -0.39 is 40.8 Å². The number of hydrogen-bond acceptors (Lipinski definition) is 6. The van der Waals surface area contributed by atoms with Gasteiger partial charge in [0, 0.05) is 4.92 Å². The van der Waals surface area contributed by atoms with E-state index in [9.17, 15) is 24.1 Å². The molecule has 1 aromatic rings. The maximum absolute atomic E-state index is 15.0. The molecule has 0 heterocycles. The number of nitrogens with zero attached hydrogens (tertiary/aromatic N) is 1. The first-order chi connectivity index (χ1) is 10.3. The minimum atomic E-state index is -3.42. The van der Waals surface area contributed by atoms with Crippen molar-refractivity contribution in [2.24, 2.45) is 0 Å². The van der Waals surface area contributed by atoms with Gasteiger partial charge in [0.1, 0.15) is 11.7 Å². The first-order valence-electron chi connectivity index (χ1n) is 6.00. The van der Waals surface area contributed by atoms with Gasteiger partial charge in [-0.1, -0.05) is 12.1 Å². The molecular formula is C13H13F2NO6. The molecule has 9 heteroatoms. The fourth-order valence-electron chi connectivity index (χ4n) is 1.97. The van der Waals surface area contributed by atoms with Crippen LogP contribution >= 0.6 is 0 Å². The molecule has 22 heavy (non-hydrogen) atoms. The Labute approximate surface area is 124 Å². The fourth-order valence-corrected chi connectivity index (χ4v) is 1.97. The summed E-state index contributed by atoms with van der Waals surface area (Å²) in [6.07, 6.45) is 0. The number of hydrogen-bond donors (Lipinski definition) is 0. The van der Waals surface area contributed by atoms with Crippen molar-refractivity contribution in [2.45, 2.75) is 11.6 Å². The van der Waals surface area contributed by atoms with Gasteiger partial charge in [-0.05, 0) is 17.7 Å². The van der Waals surface area contributed by atoms with Crippen LogP contribution in [-0.4, -0.2) is 43.3 Å².